The third kappa shape index (κ3) is 3.61. The zero-order valence-corrected chi connectivity index (χ0v) is 12.4. The van der Waals surface area contributed by atoms with Crippen LogP contribution in [0.5, 0.6) is 0 Å². The van der Waals surface area contributed by atoms with Gasteiger partial charge in [0.15, 0.2) is 0 Å². The summed E-state index contributed by atoms with van der Waals surface area (Å²) >= 11 is 0. The third-order valence-electron chi connectivity index (χ3n) is 4.22. The van der Waals surface area contributed by atoms with Crippen LogP contribution in [0.1, 0.15) is 44.1 Å². The highest BCUT2D eigenvalue weighted by Gasteiger charge is 2.38. The van der Waals surface area contributed by atoms with Crippen molar-refractivity contribution in [1.82, 2.24) is 0 Å². The van der Waals surface area contributed by atoms with Crippen LogP contribution in [0, 0.1) is 0 Å². The van der Waals surface area contributed by atoms with Gasteiger partial charge in [-0.3, -0.25) is 9.59 Å². The molecule has 5 heteroatoms. The highest BCUT2D eigenvalue weighted by Crippen LogP contribution is 2.38. The summed E-state index contributed by atoms with van der Waals surface area (Å²) in [4.78, 5) is 23.1. The molecule has 0 spiro atoms. The number of nitrogens with one attached hydrogen (secondary N) is 1. The number of carbonyl (C=O) groups excluding carboxylic acids is 1. The Balaban J connectivity index is 2.01. The van der Waals surface area contributed by atoms with E-state index in [0.717, 1.165) is 19.3 Å². The third-order valence-corrected chi connectivity index (χ3v) is 4.22. The van der Waals surface area contributed by atoms with E-state index in [-0.39, 0.29) is 11.5 Å². The van der Waals surface area contributed by atoms with E-state index in [1.807, 2.05) is 0 Å². The number of methoxy groups -OCH3 is 1. The zero-order valence-electron chi connectivity index (χ0n) is 12.4. The number of aliphatic carboxylic acids is 1. The number of hydrogen-bond acceptors (Lipinski definition) is 3. The molecule has 1 fully saturated rings. The molecule has 1 unspecified atom stereocenters. The molecule has 1 aliphatic rings. The van der Waals surface area contributed by atoms with Gasteiger partial charge in [0, 0.05) is 12.8 Å². The van der Waals surface area contributed by atoms with Crippen molar-refractivity contribution < 1.29 is 19.4 Å². The smallest absolute Gasteiger partial charge is 0.310 e. The number of carboxylic acid groups (broad SMARTS) is 1. The van der Waals surface area contributed by atoms with E-state index >= 15 is 0 Å². The molecule has 0 aromatic heterocycles. The van der Waals surface area contributed by atoms with Crippen molar-refractivity contribution in [3.05, 3.63) is 29.8 Å². The fraction of sp³-hybridized carbons (Fsp3) is 0.500. The first kappa shape index (κ1) is 15.5. The Morgan fingerprint density at radius 1 is 1.43 bits per heavy atom. The van der Waals surface area contributed by atoms with E-state index in [1.54, 1.807) is 38.3 Å². The molecule has 114 valence electrons. The van der Waals surface area contributed by atoms with Gasteiger partial charge >= 0.3 is 5.97 Å². The van der Waals surface area contributed by atoms with E-state index in [1.165, 1.54) is 0 Å². The van der Waals surface area contributed by atoms with E-state index in [4.69, 9.17) is 9.84 Å². The van der Waals surface area contributed by atoms with Gasteiger partial charge in [-0.15, -0.1) is 0 Å². The summed E-state index contributed by atoms with van der Waals surface area (Å²) in [6.07, 6.45) is 3.24. The Labute approximate surface area is 124 Å². The van der Waals surface area contributed by atoms with Crippen LogP contribution in [-0.2, 0) is 14.3 Å². The van der Waals surface area contributed by atoms with Crippen molar-refractivity contribution in [2.45, 2.75) is 44.1 Å². The van der Waals surface area contributed by atoms with Crippen molar-refractivity contribution in [3.63, 3.8) is 0 Å². The number of anilines is 1. The molecule has 1 aromatic rings. The highest BCUT2D eigenvalue weighted by molar-refractivity contribution is 5.91. The SMILES string of the molecule is COC1(CC(=O)Nc2cccc(C(C)C(=O)O)c2)CCC1. The van der Waals surface area contributed by atoms with E-state index < -0.39 is 11.9 Å². The van der Waals surface area contributed by atoms with E-state index in [0.29, 0.717) is 17.7 Å². The number of hydrogen-bond donors (Lipinski definition) is 2. The number of carboxylic acids is 1. The number of ether oxygens (including phenoxy) is 1. The molecule has 0 aliphatic heterocycles. The van der Waals surface area contributed by atoms with Crippen LogP contribution in [0.4, 0.5) is 5.69 Å². The molecule has 2 N–H and O–H groups in total. The predicted octanol–water partition coefficient (Wildman–Crippen LogP) is 2.77. The summed E-state index contributed by atoms with van der Waals surface area (Å²) in [5, 5.41) is 11.9. The van der Waals surface area contributed by atoms with Crippen molar-refractivity contribution in [3.8, 4) is 0 Å². The van der Waals surface area contributed by atoms with Gasteiger partial charge in [-0.25, -0.2) is 0 Å². The van der Waals surface area contributed by atoms with Gasteiger partial charge in [0.05, 0.1) is 17.9 Å². The number of amides is 1. The lowest BCUT2D eigenvalue weighted by atomic mass is 9.77. The molecule has 1 aromatic carbocycles. The van der Waals surface area contributed by atoms with E-state index in [9.17, 15) is 9.59 Å². The molecule has 1 aliphatic carbocycles. The monoisotopic (exact) mass is 291 g/mol. The quantitative estimate of drug-likeness (QED) is 0.845. The summed E-state index contributed by atoms with van der Waals surface area (Å²) in [6.45, 7) is 1.62. The van der Waals surface area contributed by atoms with Crippen LogP contribution in [-0.4, -0.2) is 29.7 Å². The fourth-order valence-corrected chi connectivity index (χ4v) is 2.55. The van der Waals surface area contributed by atoms with Crippen LogP contribution in [0.3, 0.4) is 0 Å². The summed E-state index contributed by atoms with van der Waals surface area (Å²) in [5.41, 5.74) is 0.984. The van der Waals surface area contributed by atoms with Gasteiger partial charge < -0.3 is 15.2 Å². The minimum atomic E-state index is -0.883. The molecule has 21 heavy (non-hydrogen) atoms. The van der Waals surface area contributed by atoms with Gasteiger partial charge in [-0.05, 0) is 43.9 Å². The molecule has 0 radical (unpaired) electrons. The maximum Gasteiger partial charge on any atom is 0.310 e. The summed E-state index contributed by atoms with van der Waals surface area (Å²) in [5.74, 6) is -1.58. The van der Waals surface area contributed by atoms with E-state index in [2.05, 4.69) is 5.32 Å². The lowest BCUT2D eigenvalue weighted by Crippen LogP contribution is -2.42. The molecule has 0 bridgehead atoms. The van der Waals surface area contributed by atoms with Crippen molar-refractivity contribution in [1.29, 1.82) is 0 Å². The predicted molar refractivity (Wildman–Crippen MR) is 79.3 cm³/mol. The number of rotatable bonds is 6. The lowest BCUT2D eigenvalue weighted by Gasteiger charge is -2.39. The standard InChI is InChI=1S/C16H21NO4/c1-11(15(19)20)12-5-3-6-13(9-12)17-14(18)10-16(21-2)7-4-8-16/h3,5-6,9,11H,4,7-8,10H2,1-2H3,(H,17,18)(H,19,20). The molecular weight excluding hydrogens is 270 g/mol. The number of carbonyl (C=O) groups is 2. The molecule has 5 nitrogen and oxygen atoms in total. The Kier molecular flexibility index (Phi) is 4.63. The van der Waals surface area contributed by atoms with Gasteiger partial charge in [-0.1, -0.05) is 12.1 Å². The normalized spacial score (nSPS) is 17.6. The summed E-state index contributed by atoms with van der Waals surface area (Å²) in [6, 6.07) is 6.96. The van der Waals surface area contributed by atoms with Gasteiger partial charge in [0.2, 0.25) is 5.91 Å². The average molecular weight is 291 g/mol. The first-order valence-electron chi connectivity index (χ1n) is 7.13. The Bertz CT molecular complexity index is 531. The molecular formula is C16H21NO4. The Morgan fingerprint density at radius 3 is 2.67 bits per heavy atom. The molecule has 0 heterocycles. The first-order valence-corrected chi connectivity index (χ1v) is 7.13. The van der Waals surface area contributed by atoms with Crippen molar-refractivity contribution >= 4 is 17.6 Å². The van der Waals surface area contributed by atoms with Crippen molar-refractivity contribution in [2.24, 2.45) is 0 Å². The lowest BCUT2D eigenvalue weighted by molar-refractivity contribution is -0.138. The summed E-state index contributed by atoms with van der Waals surface area (Å²) in [7, 11) is 1.64. The van der Waals surface area contributed by atoms with Gasteiger partial charge in [-0.2, -0.15) is 0 Å². The molecule has 1 saturated carbocycles. The van der Waals surface area contributed by atoms with Gasteiger partial charge in [0.25, 0.3) is 0 Å². The minimum Gasteiger partial charge on any atom is -0.481 e. The Morgan fingerprint density at radius 2 is 2.14 bits per heavy atom. The van der Waals surface area contributed by atoms with Crippen LogP contribution in [0.15, 0.2) is 24.3 Å². The second-order valence-electron chi connectivity index (χ2n) is 5.65. The highest BCUT2D eigenvalue weighted by atomic mass is 16.5. The molecule has 1 atom stereocenters. The van der Waals surface area contributed by atoms with Crippen LogP contribution < -0.4 is 5.32 Å². The average Bonchev–Trinajstić information content (AvgIpc) is 2.42. The molecule has 0 saturated heterocycles. The second-order valence-corrected chi connectivity index (χ2v) is 5.65. The second kappa shape index (κ2) is 6.26. The van der Waals surface area contributed by atoms with Gasteiger partial charge in [0.1, 0.15) is 0 Å². The zero-order chi connectivity index (χ0) is 15.5. The molecule has 1 amide bonds. The largest absolute Gasteiger partial charge is 0.481 e. The van der Waals surface area contributed by atoms with Crippen molar-refractivity contribution in [2.75, 3.05) is 12.4 Å². The fourth-order valence-electron chi connectivity index (χ4n) is 2.55. The minimum absolute atomic E-state index is 0.100. The number of benzene rings is 1. The topological polar surface area (TPSA) is 75.6 Å². The maximum atomic E-state index is 12.1. The Hall–Kier alpha value is -1.88. The maximum absolute atomic E-state index is 12.1. The molecule has 2 rings (SSSR count). The summed E-state index contributed by atoms with van der Waals surface area (Å²) < 4.78 is 5.44. The van der Waals surface area contributed by atoms with Crippen LogP contribution >= 0.6 is 0 Å². The van der Waals surface area contributed by atoms with Crippen LogP contribution in [0.25, 0.3) is 0 Å². The van der Waals surface area contributed by atoms with Crippen LogP contribution in [0.2, 0.25) is 0 Å². The first-order chi connectivity index (χ1) is 9.96.